The van der Waals surface area contributed by atoms with Gasteiger partial charge in [0.25, 0.3) is 0 Å². The SMILES string of the molecule is CC.CCCC.COc1cccc2c1C(=O)c1c(O)c3c(c(O)c1C2=O)CC(C(C)=O)CC3.C[C@@H]1CCOC(O)C1. The number of benzene rings is 2. The molecule has 3 atom stereocenters. The van der Waals surface area contributed by atoms with Crippen LogP contribution in [0.2, 0.25) is 0 Å². The van der Waals surface area contributed by atoms with Crippen molar-refractivity contribution in [3.8, 4) is 17.2 Å². The number of ether oxygens (including phenoxy) is 2. The molecule has 2 unspecified atom stereocenters. The standard InChI is InChI=1S/C21H18O6.C6H12O2.C4H10.C2H6/c1-9(22)10-6-7-11-13(8-10)20(25)16-17(18(11)23)21(26)15-12(19(16)24)4-3-5-14(15)27-2;1-5-2-3-8-6(7)4-5;1-3-4-2;1-2/h3-5,10,23,25H,6-8H2,1-2H3;5-7H,2-4H2,1H3;3-4H2,1-2H3;1-2H3/t;5-,6?;;/m.1../s1. The van der Waals surface area contributed by atoms with Crippen LogP contribution in [-0.4, -0.2) is 52.7 Å². The zero-order valence-electron chi connectivity index (χ0n) is 25.5. The maximum Gasteiger partial charge on any atom is 0.202 e. The van der Waals surface area contributed by atoms with Crippen LogP contribution in [0.1, 0.15) is 117 Å². The zero-order chi connectivity index (χ0) is 30.9. The molecule has 8 heteroatoms. The number of ketones is 3. The van der Waals surface area contributed by atoms with Gasteiger partial charge in [0.2, 0.25) is 5.78 Å². The average Bonchev–Trinajstić information content (AvgIpc) is 2.98. The summed E-state index contributed by atoms with van der Waals surface area (Å²) < 4.78 is 10.1. The highest BCUT2D eigenvalue weighted by molar-refractivity contribution is 6.31. The maximum atomic E-state index is 13.1. The molecule has 0 aromatic heterocycles. The Morgan fingerprint density at radius 2 is 1.59 bits per heavy atom. The fourth-order valence-corrected chi connectivity index (χ4v) is 5.09. The number of phenols is 2. The van der Waals surface area contributed by atoms with E-state index in [0.29, 0.717) is 29.9 Å². The number of phenolic OH excluding ortho intramolecular Hbond substituents is 2. The van der Waals surface area contributed by atoms with Crippen LogP contribution in [0.4, 0.5) is 0 Å². The number of aliphatic hydroxyl groups is 1. The molecule has 2 aromatic rings. The Hall–Kier alpha value is -3.23. The van der Waals surface area contributed by atoms with Crippen LogP contribution in [0.5, 0.6) is 17.2 Å². The first-order chi connectivity index (χ1) is 19.6. The van der Waals surface area contributed by atoms with Gasteiger partial charge in [-0.1, -0.05) is 59.6 Å². The van der Waals surface area contributed by atoms with Gasteiger partial charge >= 0.3 is 0 Å². The number of fused-ring (bicyclic) bond motifs is 3. The van der Waals surface area contributed by atoms with E-state index >= 15 is 0 Å². The third kappa shape index (κ3) is 7.54. The third-order valence-electron chi connectivity index (χ3n) is 7.62. The number of hydrogen-bond acceptors (Lipinski definition) is 8. The van der Waals surface area contributed by atoms with Gasteiger partial charge in [-0.2, -0.15) is 0 Å². The number of aromatic hydroxyl groups is 2. The van der Waals surface area contributed by atoms with E-state index in [-0.39, 0.29) is 57.6 Å². The Balaban J connectivity index is 0.000000349. The first-order valence-corrected chi connectivity index (χ1v) is 14.7. The second-order valence-corrected chi connectivity index (χ2v) is 10.5. The van der Waals surface area contributed by atoms with E-state index in [4.69, 9.17) is 14.6 Å². The van der Waals surface area contributed by atoms with Crippen molar-refractivity contribution in [3.63, 3.8) is 0 Å². The van der Waals surface area contributed by atoms with Crippen molar-refractivity contribution >= 4 is 17.3 Å². The van der Waals surface area contributed by atoms with E-state index < -0.39 is 17.9 Å². The molecule has 0 radical (unpaired) electrons. The lowest BCUT2D eigenvalue weighted by atomic mass is 9.75. The molecule has 0 spiro atoms. The van der Waals surface area contributed by atoms with Crippen molar-refractivity contribution in [1.29, 1.82) is 0 Å². The predicted octanol–water partition coefficient (Wildman–Crippen LogP) is 6.16. The number of carbonyl (C=O) groups is 3. The van der Waals surface area contributed by atoms with E-state index in [1.54, 1.807) is 12.1 Å². The predicted molar refractivity (Wildman–Crippen MR) is 158 cm³/mol. The highest BCUT2D eigenvalue weighted by atomic mass is 16.6. The van der Waals surface area contributed by atoms with Crippen LogP contribution in [0.25, 0.3) is 0 Å². The molecular formula is C33H46O8. The van der Waals surface area contributed by atoms with Gasteiger partial charge in [-0.05, 0) is 44.6 Å². The maximum absolute atomic E-state index is 13.1. The van der Waals surface area contributed by atoms with Gasteiger partial charge in [0, 0.05) is 35.6 Å². The number of hydrogen-bond donors (Lipinski definition) is 3. The molecule has 2 aliphatic carbocycles. The van der Waals surface area contributed by atoms with Crippen LogP contribution in [-0.2, 0) is 22.4 Å². The number of aliphatic hydroxyl groups excluding tert-OH is 1. The molecule has 5 rings (SSSR count). The van der Waals surface area contributed by atoms with Crippen molar-refractivity contribution in [2.75, 3.05) is 13.7 Å². The first-order valence-electron chi connectivity index (χ1n) is 14.7. The molecule has 1 fully saturated rings. The van der Waals surface area contributed by atoms with Gasteiger partial charge in [0.05, 0.1) is 23.8 Å². The lowest BCUT2D eigenvalue weighted by Gasteiger charge is -2.29. The zero-order valence-corrected chi connectivity index (χ0v) is 25.5. The smallest absolute Gasteiger partial charge is 0.202 e. The highest BCUT2D eigenvalue weighted by Gasteiger charge is 2.40. The van der Waals surface area contributed by atoms with Gasteiger partial charge < -0.3 is 24.8 Å². The second-order valence-electron chi connectivity index (χ2n) is 10.5. The summed E-state index contributed by atoms with van der Waals surface area (Å²) in [6.45, 7) is 12.7. The quantitative estimate of drug-likeness (QED) is 0.319. The van der Waals surface area contributed by atoms with Gasteiger partial charge in [-0.15, -0.1) is 0 Å². The highest BCUT2D eigenvalue weighted by Crippen LogP contribution is 2.47. The Kier molecular flexibility index (Phi) is 13.0. The molecule has 1 heterocycles. The lowest BCUT2D eigenvalue weighted by Crippen LogP contribution is -2.26. The second kappa shape index (κ2) is 15.7. The molecular weight excluding hydrogens is 524 g/mol. The van der Waals surface area contributed by atoms with Crippen molar-refractivity contribution in [1.82, 2.24) is 0 Å². The summed E-state index contributed by atoms with van der Waals surface area (Å²) in [5.74, 6) is -1.09. The third-order valence-corrected chi connectivity index (χ3v) is 7.62. The van der Waals surface area contributed by atoms with E-state index in [2.05, 4.69) is 20.8 Å². The summed E-state index contributed by atoms with van der Waals surface area (Å²) in [6, 6.07) is 4.66. The lowest BCUT2D eigenvalue weighted by molar-refractivity contribution is -0.136. The summed E-state index contributed by atoms with van der Waals surface area (Å²) in [7, 11) is 1.40. The van der Waals surface area contributed by atoms with E-state index in [1.165, 1.54) is 32.9 Å². The summed E-state index contributed by atoms with van der Waals surface area (Å²) in [5, 5.41) is 30.5. The number of unbranched alkanes of at least 4 members (excludes halogenated alkanes) is 1. The summed E-state index contributed by atoms with van der Waals surface area (Å²) in [4.78, 5) is 37.9. The Morgan fingerprint density at radius 3 is 2.10 bits per heavy atom. The van der Waals surface area contributed by atoms with Crippen molar-refractivity contribution in [2.45, 2.75) is 92.8 Å². The van der Waals surface area contributed by atoms with Crippen molar-refractivity contribution in [3.05, 3.63) is 51.6 Å². The van der Waals surface area contributed by atoms with E-state index in [0.717, 1.165) is 19.4 Å². The largest absolute Gasteiger partial charge is 0.507 e. The molecule has 0 amide bonds. The fourth-order valence-electron chi connectivity index (χ4n) is 5.09. The molecule has 2 aromatic carbocycles. The summed E-state index contributed by atoms with van der Waals surface area (Å²) in [5.41, 5.74) is 0.647. The van der Waals surface area contributed by atoms with Crippen LogP contribution < -0.4 is 4.74 Å². The topological polar surface area (TPSA) is 130 Å². The molecule has 3 N–H and O–H groups in total. The normalized spacial score (nSPS) is 20.3. The van der Waals surface area contributed by atoms with Crippen molar-refractivity contribution in [2.24, 2.45) is 11.8 Å². The van der Waals surface area contributed by atoms with E-state index in [1.807, 2.05) is 13.8 Å². The fraction of sp³-hybridized carbons (Fsp3) is 0.545. The van der Waals surface area contributed by atoms with Crippen LogP contribution >= 0.6 is 0 Å². The van der Waals surface area contributed by atoms with E-state index in [9.17, 15) is 24.6 Å². The van der Waals surface area contributed by atoms with Gasteiger partial charge in [-0.25, -0.2) is 0 Å². The minimum Gasteiger partial charge on any atom is -0.507 e. The molecule has 0 bridgehead atoms. The van der Waals surface area contributed by atoms with Crippen LogP contribution in [0.15, 0.2) is 18.2 Å². The van der Waals surface area contributed by atoms with Gasteiger partial charge in [0.1, 0.15) is 23.0 Å². The molecule has 0 saturated carbocycles. The first kappa shape index (κ1) is 34.0. The average molecular weight is 571 g/mol. The van der Waals surface area contributed by atoms with Gasteiger partial charge in [-0.3, -0.25) is 14.4 Å². The van der Waals surface area contributed by atoms with Crippen LogP contribution in [0.3, 0.4) is 0 Å². The number of methoxy groups -OCH3 is 1. The monoisotopic (exact) mass is 570 g/mol. The summed E-state index contributed by atoms with van der Waals surface area (Å²) >= 11 is 0. The number of carbonyl (C=O) groups excluding carboxylic acids is 3. The molecule has 8 nitrogen and oxygen atoms in total. The van der Waals surface area contributed by atoms with Gasteiger partial charge in [0.15, 0.2) is 12.1 Å². The van der Waals surface area contributed by atoms with Crippen LogP contribution in [0, 0.1) is 11.8 Å². The number of rotatable bonds is 3. The Labute approximate surface area is 243 Å². The minimum absolute atomic E-state index is 0.00487. The van der Waals surface area contributed by atoms with Crippen molar-refractivity contribution < 1.29 is 39.2 Å². The molecule has 41 heavy (non-hydrogen) atoms. The molecule has 1 saturated heterocycles. The minimum atomic E-state index is -0.554. The Bertz CT molecular complexity index is 1220. The molecule has 226 valence electrons. The molecule has 3 aliphatic rings. The Morgan fingerprint density at radius 1 is 0.976 bits per heavy atom. The summed E-state index contributed by atoms with van der Waals surface area (Å²) in [6.07, 6.45) is 5.17. The number of Topliss-reactive ketones (excluding diaryl/α,β-unsaturated/α-hetero) is 1. The molecule has 1 aliphatic heterocycles.